The van der Waals surface area contributed by atoms with Gasteiger partial charge in [-0.15, -0.1) is 6.58 Å². The molecular weight excluding hydrogens is 439 g/mol. The normalized spacial score (nSPS) is 28.2. The average Bonchev–Trinajstić information content (AvgIpc) is 2.73. The number of piperidine rings is 3. The molecular formula is C21H27IN2O2. The molecule has 0 radical (unpaired) electrons. The highest BCUT2D eigenvalue weighted by molar-refractivity contribution is 14.1. The molecule has 4 nitrogen and oxygen atoms in total. The van der Waals surface area contributed by atoms with Crippen LogP contribution in [-0.2, 0) is 0 Å². The Bertz CT molecular complexity index is 767. The Balaban J connectivity index is 0.000000948. The average molecular weight is 466 g/mol. The van der Waals surface area contributed by atoms with E-state index in [9.17, 15) is 5.11 Å². The number of hydrogen-bond donors (Lipinski definition) is 1. The molecule has 3 aliphatic rings. The molecule has 5 rings (SSSR count). The van der Waals surface area contributed by atoms with Gasteiger partial charge < -0.3 is 9.84 Å². The molecule has 26 heavy (non-hydrogen) atoms. The molecule has 1 N–H and O–H groups in total. The second-order valence-corrected chi connectivity index (χ2v) is 6.97. The lowest BCUT2D eigenvalue weighted by atomic mass is 9.73. The van der Waals surface area contributed by atoms with E-state index >= 15 is 0 Å². The first-order chi connectivity index (χ1) is 12.7. The maximum absolute atomic E-state index is 11.2. The largest absolute Gasteiger partial charge is 0.497 e. The van der Waals surface area contributed by atoms with Crippen LogP contribution >= 0.6 is 22.6 Å². The number of benzene rings is 1. The summed E-state index contributed by atoms with van der Waals surface area (Å²) in [5.41, 5.74) is 1.85. The molecule has 1 aromatic heterocycles. The number of alkyl halides is 1. The van der Waals surface area contributed by atoms with Gasteiger partial charge in [-0.05, 0) is 66.0 Å². The van der Waals surface area contributed by atoms with E-state index in [1.165, 1.54) is 6.42 Å². The van der Waals surface area contributed by atoms with Crippen molar-refractivity contribution in [1.29, 1.82) is 0 Å². The molecule has 5 heteroatoms. The Labute approximate surface area is 169 Å². The van der Waals surface area contributed by atoms with Gasteiger partial charge in [0.1, 0.15) is 5.75 Å². The number of methoxy groups -OCH3 is 1. The number of pyridine rings is 1. The molecule has 0 spiro atoms. The summed E-state index contributed by atoms with van der Waals surface area (Å²) in [6.45, 7) is 6.07. The molecule has 2 bridgehead atoms. The summed E-state index contributed by atoms with van der Waals surface area (Å²) in [4.78, 5) is 8.83. The predicted octanol–water partition coefficient (Wildman–Crippen LogP) is 4.22. The van der Waals surface area contributed by atoms with Crippen molar-refractivity contribution in [1.82, 2.24) is 9.88 Å². The Morgan fingerprint density at radius 2 is 2.19 bits per heavy atom. The monoisotopic (exact) mass is 466 g/mol. The van der Waals surface area contributed by atoms with Crippen molar-refractivity contribution in [2.45, 2.75) is 25.0 Å². The van der Waals surface area contributed by atoms with Crippen LogP contribution in [0.15, 0.2) is 43.1 Å². The second-order valence-electron chi connectivity index (χ2n) is 6.97. The van der Waals surface area contributed by atoms with Crippen molar-refractivity contribution in [3.63, 3.8) is 0 Å². The summed E-state index contributed by atoms with van der Waals surface area (Å²) in [5.74, 6) is 2.01. The number of rotatable bonds is 4. The molecule has 3 aliphatic heterocycles. The summed E-state index contributed by atoms with van der Waals surface area (Å²) < 4.78 is 5.35. The van der Waals surface area contributed by atoms with E-state index in [2.05, 4.69) is 45.1 Å². The van der Waals surface area contributed by atoms with E-state index in [0.717, 1.165) is 41.7 Å². The molecule has 0 saturated carbocycles. The molecule has 5 atom stereocenters. The van der Waals surface area contributed by atoms with Gasteiger partial charge in [-0.3, -0.25) is 9.88 Å². The van der Waals surface area contributed by atoms with Gasteiger partial charge in [0.2, 0.25) is 0 Å². The number of hydrogen-bond acceptors (Lipinski definition) is 4. The van der Waals surface area contributed by atoms with Gasteiger partial charge in [-0.2, -0.15) is 0 Å². The first kappa shape index (κ1) is 19.6. The number of ether oxygens (including phenoxy) is 1. The van der Waals surface area contributed by atoms with E-state index < -0.39 is 6.10 Å². The molecule has 140 valence electrons. The van der Waals surface area contributed by atoms with Gasteiger partial charge in [0.15, 0.2) is 0 Å². The fraction of sp³-hybridized carbons (Fsp3) is 0.476. The van der Waals surface area contributed by atoms with E-state index in [1.54, 1.807) is 13.3 Å². The minimum Gasteiger partial charge on any atom is -0.497 e. The third-order valence-electron chi connectivity index (χ3n) is 5.82. The first-order valence-electron chi connectivity index (χ1n) is 9.06. The Morgan fingerprint density at radius 1 is 1.38 bits per heavy atom. The highest BCUT2D eigenvalue weighted by atomic mass is 127. The van der Waals surface area contributed by atoms with Crippen molar-refractivity contribution in [3.8, 4) is 5.75 Å². The van der Waals surface area contributed by atoms with Crippen molar-refractivity contribution in [2.24, 2.45) is 11.8 Å². The fourth-order valence-electron chi connectivity index (χ4n) is 4.44. The van der Waals surface area contributed by atoms with Crippen LogP contribution in [0.2, 0.25) is 0 Å². The van der Waals surface area contributed by atoms with Crippen LogP contribution in [-0.4, -0.2) is 46.2 Å². The summed E-state index contributed by atoms with van der Waals surface area (Å²) in [5, 5.41) is 12.1. The number of aromatic nitrogens is 1. The van der Waals surface area contributed by atoms with Gasteiger partial charge in [0.25, 0.3) is 0 Å². The van der Waals surface area contributed by atoms with E-state index in [-0.39, 0.29) is 6.04 Å². The third kappa shape index (κ3) is 3.62. The lowest BCUT2D eigenvalue weighted by Crippen LogP contribution is -2.54. The first-order valence-corrected chi connectivity index (χ1v) is 11.2. The lowest BCUT2D eigenvalue weighted by Gasteiger charge is -2.50. The standard InChI is InChI=1S/C20H24N2O2.CH3I/c1-3-13-12-22-9-7-14(13)10-19(22)20(23)16-6-8-21-18-5-4-15(24-2)11-17(16)18;1-2/h3-6,8,11,13-14,19-20,23H,1,7,9-10,12H2,2H3;1H3/t13-,14-,19+,20-;/m0./s1. The number of nitrogens with zero attached hydrogens (tertiary/aromatic N) is 2. The van der Waals surface area contributed by atoms with E-state index in [0.29, 0.717) is 11.8 Å². The molecule has 0 amide bonds. The van der Waals surface area contributed by atoms with Crippen LogP contribution in [0.5, 0.6) is 5.75 Å². The highest BCUT2D eigenvalue weighted by Gasteiger charge is 2.42. The molecule has 4 heterocycles. The molecule has 3 saturated heterocycles. The topological polar surface area (TPSA) is 45.6 Å². The molecule has 1 aromatic carbocycles. The number of fused-ring (bicyclic) bond motifs is 4. The number of aliphatic hydroxyl groups excluding tert-OH is 1. The van der Waals surface area contributed by atoms with Gasteiger partial charge in [0, 0.05) is 24.2 Å². The number of halogens is 1. The van der Waals surface area contributed by atoms with Crippen LogP contribution in [0.25, 0.3) is 10.9 Å². The highest BCUT2D eigenvalue weighted by Crippen LogP contribution is 2.42. The van der Waals surface area contributed by atoms with Crippen molar-refractivity contribution < 1.29 is 9.84 Å². The zero-order valence-corrected chi connectivity index (χ0v) is 17.6. The van der Waals surface area contributed by atoms with Crippen LogP contribution < -0.4 is 4.74 Å². The molecule has 0 aliphatic carbocycles. The number of aliphatic hydroxyl groups is 1. The quantitative estimate of drug-likeness (QED) is 0.417. The molecule has 3 fully saturated rings. The Morgan fingerprint density at radius 3 is 2.85 bits per heavy atom. The van der Waals surface area contributed by atoms with E-state index in [1.807, 2.05) is 29.2 Å². The minimum atomic E-state index is -0.504. The lowest BCUT2D eigenvalue weighted by molar-refractivity contribution is -0.0444. The van der Waals surface area contributed by atoms with Gasteiger partial charge in [-0.25, -0.2) is 0 Å². The van der Waals surface area contributed by atoms with Crippen LogP contribution in [0.1, 0.15) is 24.5 Å². The smallest absolute Gasteiger partial charge is 0.119 e. The summed E-state index contributed by atoms with van der Waals surface area (Å²) >= 11 is 2.15. The summed E-state index contributed by atoms with van der Waals surface area (Å²) in [7, 11) is 1.66. The molecule has 1 unspecified atom stereocenters. The Hall–Kier alpha value is -1.18. The van der Waals surface area contributed by atoms with Gasteiger partial charge >= 0.3 is 0 Å². The SMILES string of the molecule is C=C[C@H]1CN2CC[C@H]1C[C@@H]2[C@@H](O)c1ccnc2ccc(OC)cc12.CI. The van der Waals surface area contributed by atoms with Crippen LogP contribution in [0.3, 0.4) is 0 Å². The summed E-state index contributed by atoms with van der Waals surface area (Å²) in [6, 6.07) is 7.96. The third-order valence-corrected chi connectivity index (χ3v) is 5.82. The van der Waals surface area contributed by atoms with E-state index in [4.69, 9.17) is 4.74 Å². The maximum Gasteiger partial charge on any atom is 0.119 e. The van der Waals surface area contributed by atoms with Crippen molar-refractivity contribution in [3.05, 3.63) is 48.7 Å². The van der Waals surface area contributed by atoms with Crippen LogP contribution in [0, 0.1) is 11.8 Å². The van der Waals surface area contributed by atoms with Crippen molar-refractivity contribution >= 4 is 33.5 Å². The maximum atomic E-state index is 11.2. The minimum absolute atomic E-state index is 0.178. The zero-order chi connectivity index (χ0) is 18.7. The van der Waals surface area contributed by atoms with Gasteiger partial charge in [-0.1, -0.05) is 28.7 Å². The second kappa shape index (κ2) is 8.67. The molecule has 2 aromatic rings. The Kier molecular flexibility index (Phi) is 6.53. The fourth-order valence-corrected chi connectivity index (χ4v) is 4.44. The van der Waals surface area contributed by atoms with Crippen LogP contribution in [0.4, 0.5) is 0 Å². The predicted molar refractivity (Wildman–Crippen MR) is 115 cm³/mol. The van der Waals surface area contributed by atoms with Crippen molar-refractivity contribution in [2.75, 3.05) is 25.1 Å². The summed E-state index contributed by atoms with van der Waals surface area (Å²) in [6.07, 6.45) is 5.62. The zero-order valence-electron chi connectivity index (χ0n) is 15.4. The van der Waals surface area contributed by atoms with Gasteiger partial charge in [0.05, 0.1) is 18.7 Å².